The van der Waals surface area contributed by atoms with Crippen molar-refractivity contribution in [3.63, 3.8) is 0 Å². The van der Waals surface area contributed by atoms with E-state index in [-0.39, 0.29) is 30.9 Å². The molecule has 1 amide bonds. The smallest absolute Gasteiger partial charge is 0.352 e. The molecule has 1 aromatic heterocycles. The minimum atomic E-state index is -4.66. The number of nitrogens with zero attached hydrogens (tertiary/aromatic N) is 1. The van der Waals surface area contributed by atoms with Gasteiger partial charge in [0.1, 0.15) is 5.69 Å². The second-order valence-corrected chi connectivity index (χ2v) is 9.40. The van der Waals surface area contributed by atoms with Gasteiger partial charge in [-0.15, -0.1) is 0 Å². The Kier molecular flexibility index (Phi) is 6.05. The Hall–Kier alpha value is -2.63. The summed E-state index contributed by atoms with van der Waals surface area (Å²) in [5.41, 5.74) is -2.27. The van der Waals surface area contributed by atoms with Crippen molar-refractivity contribution in [3.05, 3.63) is 59.4 Å². The zero-order valence-electron chi connectivity index (χ0n) is 15.7. The number of nitrogens with one attached hydrogen (secondary N) is 1. The van der Waals surface area contributed by atoms with Crippen LogP contribution in [0, 0.1) is 5.92 Å². The van der Waals surface area contributed by atoms with Crippen molar-refractivity contribution in [1.82, 2.24) is 10.3 Å². The number of amides is 1. The number of carbonyl (C=O) groups excluding carboxylic acids is 1. The highest BCUT2D eigenvalue weighted by Gasteiger charge is 2.40. The number of hydrogen-bond donors (Lipinski definition) is 1. The predicted molar refractivity (Wildman–Crippen MR) is 96.7 cm³/mol. The van der Waals surface area contributed by atoms with Crippen LogP contribution in [0.3, 0.4) is 0 Å². The van der Waals surface area contributed by atoms with Crippen molar-refractivity contribution in [3.8, 4) is 0 Å². The largest absolute Gasteiger partial charge is 0.433 e. The summed E-state index contributed by atoms with van der Waals surface area (Å²) in [4.78, 5) is 14.8. The number of aromatic nitrogens is 1. The SMILES string of the molecule is O=C(NCC1CC(S(=O)(=O)c2cccc(C(F)(F)F)c2)C1)c1ccc(C(F)(F)F)nc1. The van der Waals surface area contributed by atoms with Crippen LogP contribution in [-0.4, -0.2) is 31.1 Å². The van der Waals surface area contributed by atoms with Crippen LogP contribution in [0.5, 0.6) is 0 Å². The fraction of sp³-hybridized carbons (Fsp3) is 0.368. The standard InChI is InChI=1S/C19H16F6N2O3S/c20-18(21,22)13-2-1-3-14(8-13)31(29,30)15-6-11(7-15)9-27-17(28)12-4-5-16(26-10-12)19(23,24)25/h1-5,8,10-11,15H,6-7,9H2,(H,27,28). The lowest BCUT2D eigenvalue weighted by atomic mass is 9.85. The van der Waals surface area contributed by atoms with Gasteiger partial charge in [-0.25, -0.2) is 8.42 Å². The van der Waals surface area contributed by atoms with Crippen molar-refractivity contribution in [2.45, 2.75) is 35.3 Å². The molecule has 12 heteroatoms. The Morgan fingerprint density at radius 2 is 1.71 bits per heavy atom. The molecular formula is C19H16F6N2O3S. The molecule has 0 atom stereocenters. The van der Waals surface area contributed by atoms with Crippen LogP contribution in [-0.2, 0) is 22.2 Å². The zero-order chi connectivity index (χ0) is 23.0. The van der Waals surface area contributed by atoms with Gasteiger partial charge in [-0.05, 0) is 49.1 Å². The third-order valence-electron chi connectivity index (χ3n) is 4.99. The average molecular weight is 466 g/mol. The molecule has 1 saturated carbocycles. The maximum absolute atomic E-state index is 12.8. The maximum atomic E-state index is 12.8. The highest BCUT2D eigenvalue weighted by atomic mass is 32.2. The molecule has 0 unspecified atom stereocenters. The molecule has 3 rings (SSSR count). The molecule has 0 aliphatic heterocycles. The number of alkyl halides is 6. The van der Waals surface area contributed by atoms with E-state index >= 15 is 0 Å². The highest BCUT2D eigenvalue weighted by Crippen LogP contribution is 2.38. The lowest BCUT2D eigenvalue weighted by molar-refractivity contribution is -0.141. The molecule has 0 bridgehead atoms. The van der Waals surface area contributed by atoms with E-state index in [1.807, 2.05) is 0 Å². The fourth-order valence-corrected chi connectivity index (χ4v) is 5.17. The van der Waals surface area contributed by atoms with E-state index in [1.54, 1.807) is 0 Å². The number of carbonyl (C=O) groups is 1. The van der Waals surface area contributed by atoms with Gasteiger partial charge >= 0.3 is 12.4 Å². The summed E-state index contributed by atoms with van der Waals surface area (Å²) >= 11 is 0. The van der Waals surface area contributed by atoms with Crippen LogP contribution in [0.4, 0.5) is 26.3 Å². The molecule has 2 aromatic rings. The molecule has 1 fully saturated rings. The number of sulfone groups is 1. The van der Waals surface area contributed by atoms with Crippen molar-refractivity contribution in [1.29, 1.82) is 0 Å². The number of benzene rings is 1. The number of hydrogen-bond acceptors (Lipinski definition) is 4. The van der Waals surface area contributed by atoms with Gasteiger partial charge in [-0.3, -0.25) is 9.78 Å². The van der Waals surface area contributed by atoms with E-state index in [2.05, 4.69) is 10.3 Å². The number of rotatable bonds is 5. The molecule has 0 spiro atoms. The molecular weight excluding hydrogens is 450 g/mol. The minimum Gasteiger partial charge on any atom is -0.352 e. The quantitative estimate of drug-likeness (QED) is 0.674. The van der Waals surface area contributed by atoms with Crippen LogP contribution in [0.2, 0.25) is 0 Å². The van der Waals surface area contributed by atoms with E-state index in [1.165, 1.54) is 0 Å². The van der Waals surface area contributed by atoms with Crippen molar-refractivity contribution < 1.29 is 39.6 Å². The van der Waals surface area contributed by atoms with Crippen LogP contribution >= 0.6 is 0 Å². The van der Waals surface area contributed by atoms with Crippen molar-refractivity contribution >= 4 is 15.7 Å². The summed E-state index contributed by atoms with van der Waals surface area (Å²) < 4.78 is 101. The topological polar surface area (TPSA) is 76.1 Å². The van der Waals surface area contributed by atoms with Crippen molar-refractivity contribution in [2.24, 2.45) is 5.92 Å². The first-order valence-corrected chi connectivity index (χ1v) is 10.6. The minimum absolute atomic E-state index is 0.0778. The first kappa shape index (κ1) is 23.0. The number of halogens is 6. The summed E-state index contributed by atoms with van der Waals surface area (Å²) in [6.07, 6.45) is -8.21. The van der Waals surface area contributed by atoms with Gasteiger partial charge in [0.15, 0.2) is 9.84 Å². The van der Waals surface area contributed by atoms with Crippen LogP contribution in [0.15, 0.2) is 47.5 Å². The van der Waals surface area contributed by atoms with Gasteiger partial charge in [0.25, 0.3) is 5.91 Å². The molecule has 0 radical (unpaired) electrons. The van der Waals surface area contributed by atoms with Gasteiger partial charge in [0.2, 0.25) is 0 Å². The van der Waals surface area contributed by atoms with Gasteiger partial charge in [-0.1, -0.05) is 6.07 Å². The molecule has 5 nitrogen and oxygen atoms in total. The molecule has 31 heavy (non-hydrogen) atoms. The lowest BCUT2D eigenvalue weighted by Crippen LogP contribution is -2.42. The third-order valence-corrected chi connectivity index (χ3v) is 7.16. The van der Waals surface area contributed by atoms with Crippen molar-refractivity contribution in [2.75, 3.05) is 6.54 Å². The Morgan fingerprint density at radius 3 is 2.26 bits per heavy atom. The Morgan fingerprint density at radius 1 is 1.03 bits per heavy atom. The summed E-state index contributed by atoms with van der Waals surface area (Å²) in [6.45, 7) is 0.0778. The summed E-state index contributed by atoms with van der Waals surface area (Å²) in [7, 11) is -3.96. The second kappa shape index (κ2) is 8.13. The highest BCUT2D eigenvalue weighted by molar-refractivity contribution is 7.92. The Labute approximate surface area is 173 Å². The first-order chi connectivity index (χ1) is 14.3. The van der Waals surface area contributed by atoms with Gasteiger partial charge in [0, 0.05) is 12.7 Å². The Bertz CT molecular complexity index is 1060. The average Bonchev–Trinajstić information content (AvgIpc) is 2.65. The third kappa shape index (κ3) is 5.17. The summed E-state index contributed by atoms with van der Waals surface area (Å²) in [5, 5.41) is 1.63. The molecule has 1 heterocycles. The molecule has 1 aliphatic carbocycles. The predicted octanol–water partition coefficient (Wildman–Crippen LogP) is 4.10. The molecule has 168 valence electrons. The molecule has 1 N–H and O–H groups in total. The van der Waals surface area contributed by atoms with E-state index in [4.69, 9.17) is 0 Å². The van der Waals surface area contributed by atoms with Gasteiger partial charge in [0.05, 0.1) is 21.3 Å². The fourth-order valence-electron chi connectivity index (χ4n) is 3.17. The van der Waals surface area contributed by atoms with E-state index in [9.17, 15) is 39.6 Å². The number of pyridine rings is 1. The first-order valence-electron chi connectivity index (χ1n) is 9.01. The van der Waals surface area contributed by atoms with Gasteiger partial charge < -0.3 is 5.32 Å². The van der Waals surface area contributed by atoms with Crippen LogP contribution in [0.1, 0.15) is 34.5 Å². The lowest BCUT2D eigenvalue weighted by Gasteiger charge is -2.35. The summed E-state index contributed by atoms with van der Waals surface area (Å²) in [5.74, 6) is -0.887. The zero-order valence-corrected chi connectivity index (χ0v) is 16.5. The van der Waals surface area contributed by atoms with E-state index < -0.39 is 49.5 Å². The second-order valence-electron chi connectivity index (χ2n) is 7.17. The van der Waals surface area contributed by atoms with Crippen LogP contribution < -0.4 is 5.32 Å². The van der Waals surface area contributed by atoms with Crippen LogP contribution in [0.25, 0.3) is 0 Å². The van der Waals surface area contributed by atoms with E-state index in [0.29, 0.717) is 12.1 Å². The normalized spacial score (nSPS) is 19.5. The monoisotopic (exact) mass is 466 g/mol. The molecule has 1 aromatic carbocycles. The van der Waals surface area contributed by atoms with E-state index in [0.717, 1.165) is 30.5 Å². The molecule has 1 aliphatic rings. The summed E-state index contributed by atoms with van der Waals surface area (Å²) in [6, 6.07) is 5.18. The Balaban J connectivity index is 1.55. The molecule has 0 saturated heterocycles. The maximum Gasteiger partial charge on any atom is 0.433 e. The van der Waals surface area contributed by atoms with Gasteiger partial charge in [-0.2, -0.15) is 26.3 Å².